The molecule has 0 aliphatic carbocycles. The van der Waals surface area contributed by atoms with Gasteiger partial charge in [0, 0.05) is 12.1 Å². The quantitative estimate of drug-likeness (QED) is 0.445. The van der Waals surface area contributed by atoms with Crippen LogP contribution in [0.15, 0.2) is 42.5 Å². The Balaban J connectivity index is 1.56. The third-order valence-corrected chi connectivity index (χ3v) is 5.05. The Morgan fingerprint density at radius 3 is 2.76 bits per heavy atom. The summed E-state index contributed by atoms with van der Waals surface area (Å²) < 4.78 is 10.5. The van der Waals surface area contributed by atoms with Gasteiger partial charge in [-0.1, -0.05) is 18.2 Å². The minimum absolute atomic E-state index is 0.0868. The molecule has 10 heteroatoms. The summed E-state index contributed by atoms with van der Waals surface area (Å²) in [4.78, 5) is 36.8. The van der Waals surface area contributed by atoms with Crippen LogP contribution in [0, 0.1) is 10.1 Å². The van der Waals surface area contributed by atoms with Crippen molar-refractivity contribution in [2.45, 2.75) is 18.6 Å². The lowest BCUT2D eigenvalue weighted by Gasteiger charge is -2.23. The number of amides is 3. The van der Waals surface area contributed by atoms with Crippen molar-refractivity contribution in [3.05, 3.63) is 63.7 Å². The number of hydrogen-bond acceptors (Lipinski definition) is 7. The molecule has 4 rings (SSSR count). The van der Waals surface area contributed by atoms with Gasteiger partial charge < -0.3 is 19.9 Å². The maximum Gasteiger partial charge on any atom is 0.325 e. The molecule has 2 aromatic rings. The highest BCUT2D eigenvalue weighted by molar-refractivity contribution is 6.07. The lowest BCUT2D eigenvalue weighted by molar-refractivity contribution is -0.385. The van der Waals surface area contributed by atoms with Crippen molar-refractivity contribution in [2.75, 3.05) is 13.3 Å². The first-order valence-electron chi connectivity index (χ1n) is 8.76. The van der Waals surface area contributed by atoms with Gasteiger partial charge in [0.15, 0.2) is 11.5 Å². The number of carbonyl (C=O) groups is 2. The van der Waals surface area contributed by atoms with Crippen LogP contribution < -0.4 is 14.8 Å². The summed E-state index contributed by atoms with van der Waals surface area (Å²) in [6.45, 7) is 1.28. The van der Waals surface area contributed by atoms with Crippen LogP contribution in [-0.4, -0.2) is 40.2 Å². The van der Waals surface area contributed by atoms with Gasteiger partial charge in [-0.25, -0.2) is 4.79 Å². The molecule has 2 atom stereocenters. The van der Waals surface area contributed by atoms with Crippen molar-refractivity contribution < 1.29 is 29.1 Å². The predicted octanol–water partition coefficient (Wildman–Crippen LogP) is 1.82. The monoisotopic (exact) mass is 399 g/mol. The van der Waals surface area contributed by atoms with E-state index in [1.165, 1.54) is 31.2 Å². The number of nitro groups is 1. The minimum Gasteiger partial charge on any atom is -0.454 e. The number of non-ortho nitro benzene ring substituents is 1. The molecule has 2 aliphatic rings. The van der Waals surface area contributed by atoms with Gasteiger partial charge in [-0.3, -0.25) is 19.8 Å². The first kappa shape index (κ1) is 18.7. The fourth-order valence-electron chi connectivity index (χ4n) is 3.39. The zero-order valence-corrected chi connectivity index (χ0v) is 15.3. The Hall–Kier alpha value is -3.66. The zero-order valence-electron chi connectivity index (χ0n) is 15.3. The molecule has 1 fully saturated rings. The van der Waals surface area contributed by atoms with Crippen LogP contribution in [-0.2, 0) is 10.3 Å². The molecule has 1 saturated heterocycles. The van der Waals surface area contributed by atoms with Crippen LogP contribution in [0.2, 0.25) is 0 Å². The van der Waals surface area contributed by atoms with Crippen molar-refractivity contribution in [3.8, 4) is 11.5 Å². The van der Waals surface area contributed by atoms with Crippen LogP contribution >= 0.6 is 0 Å². The number of carbonyl (C=O) groups excluding carboxylic acids is 2. The van der Waals surface area contributed by atoms with E-state index in [0.29, 0.717) is 17.1 Å². The van der Waals surface area contributed by atoms with E-state index in [2.05, 4.69) is 5.32 Å². The lowest BCUT2D eigenvalue weighted by atomic mass is 9.91. The number of aliphatic hydroxyl groups excluding tert-OH is 1. The molecule has 0 bridgehead atoms. The summed E-state index contributed by atoms with van der Waals surface area (Å²) in [5.74, 6) is 0.414. The average molecular weight is 399 g/mol. The van der Waals surface area contributed by atoms with Gasteiger partial charge in [0.25, 0.3) is 11.6 Å². The van der Waals surface area contributed by atoms with E-state index < -0.39 is 28.5 Å². The number of benzene rings is 2. The average Bonchev–Trinajstić information content (AvgIpc) is 3.26. The second-order valence-corrected chi connectivity index (χ2v) is 6.91. The van der Waals surface area contributed by atoms with E-state index in [1.54, 1.807) is 18.2 Å². The Bertz CT molecular complexity index is 1020. The third kappa shape index (κ3) is 3.13. The van der Waals surface area contributed by atoms with Crippen LogP contribution in [0.3, 0.4) is 0 Å². The number of hydrogen-bond donors (Lipinski definition) is 2. The number of ether oxygens (including phenoxy) is 2. The second kappa shape index (κ2) is 6.74. The number of rotatable bonds is 5. The fourth-order valence-corrected chi connectivity index (χ4v) is 3.39. The van der Waals surface area contributed by atoms with E-state index in [-0.39, 0.29) is 24.6 Å². The molecule has 150 valence electrons. The van der Waals surface area contributed by atoms with Gasteiger partial charge in [0.2, 0.25) is 6.79 Å². The highest BCUT2D eigenvalue weighted by Gasteiger charge is 2.49. The Labute approximate surface area is 164 Å². The Morgan fingerprint density at radius 2 is 2.00 bits per heavy atom. The maximum absolute atomic E-state index is 13.0. The number of aliphatic hydroxyl groups is 1. The maximum atomic E-state index is 13.0. The van der Waals surface area contributed by atoms with Crippen LogP contribution in [0.25, 0.3) is 0 Å². The van der Waals surface area contributed by atoms with Crippen LogP contribution in [0.4, 0.5) is 10.5 Å². The summed E-state index contributed by atoms with van der Waals surface area (Å²) in [6.07, 6.45) is -1.15. The number of nitrogens with zero attached hydrogens (tertiary/aromatic N) is 2. The van der Waals surface area contributed by atoms with Crippen LogP contribution in [0.5, 0.6) is 11.5 Å². The van der Waals surface area contributed by atoms with Gasteiger partial charge >= 0.3 is 6.03 Å². The number of β-amino-alcohol motifs (C(OH)–C–C–N with tert-alkyl or cyclic N) is 1. The first-order valence-corrected chi connectivity index (χ1v) is 8.76. The molecule has 29 heavy (non-hydrogen) atoms. The molecule has 10 nitrogen and oxygen atoms in total. The normalized spacial score (nSPS) is 21.2. The van der Waals surface area contributed by atoms with E-state index >= 15 is 0 Å². The van der Waals surface area contributed by atoms with E-state index in [4.69, 9.17) is 9.47 Å². The molecule has 0 unspecified atom stereocenters. The molecule has 3 amide bonds. The Kier molecular flexibility index (Phi) is 4.35. The van der Waals surface area contributed by atoms with E-state index in [9.17, 15) is 24.8 Å². The fraction of sp³-hybridized carbons (Fsp3) is 0.263. The van der Waals surface area contributed by atoms with Crippen molar-refractivity contribution in [1.29, 1.82) is 0 Å². The van der Waals surface area contributed by atoms with Gasteiger partial charge in [-0.15, -0.1) is 0 Å². The smallest absolute Gasteiger partial charge is 0.325 e. The summed E-state index contributed by atoms with van der Waals surface area (Å²) in [5.41, 5.74) is -0.925. The SMILES string of the molecule is C[C@]1(c2cccc([N+](=O)[O-])c2)NC(=O)N(C[C@@H](O)c2ccc3c(c2)OCO3)C1=O. The highest BCUT2D eigenvalue weighted by Crippen LogP contribution is 2.35. The number of urea groups is 1. The van der Waals surface area contributed by atoms with Gasteiger partial charge in [0.05, 0.1) is 17.6 Å². The minimum atomic E-state index is -1.47. The number of nitro benzene ring substituents is 1. The summed E-state index contributed by atoms with van der Waals surface area (Å²) in [7, 11) is 0. The molecule has 2 N–H and O–H groups in total. The molecule has 0 saturated carbocycles. The van der Waals surface area contributed by atoms with E-state index in [1.807, 2.05) is 0 Å². The van der Waals surface area contributed by atoms with Crippen molar-refractivity contribution in [2.24, 2.45) is 0 Å². The van der Waals surface area contributed by atoms with Gasteiger partial charge in [0.1, 0.15) is 5.54 Å². The third-order valence-electron chi connectivity index (χ3n) is 5.05. The summed E-state index contributed by atoms with van der Waals surface area (Å²) in [6, 6.07) is 9.68. The summed E-state index contributed by atoms with van der Waals surface area (Å²) >= 11 is 0. The van der Waals surface area contributed by atoms with Crippen molar-refractivity contribution >= 4 is 17.6 Å². The van der Waals surface area contributed by atoms with Crippen molar-refractivity contribution in [1.82, 2.24) is 10.2 Å². The predicted molar refractivity (Wildman–Crippen MR) is 98.2 cm³/mol. The number of nitrogens with one attached hydrogen (secondary N) is 1. The van der Waals surface area contributed by atoms with Crippen molar-refractivity contribution in [3.63, 3.8) is 0 Å². The topological polar surface area (TPSA) is 131 Å². The molecule has 2 aromatic carbocycles. The standard InChI is InChI=1S/C19H17N3O7/c1-19(12-3-2-4-13(8-12)22(26)27)17(24)21(18(25)20-19)9-14(23)11-5-6-15-16(7-11)29-10-28-15/h2-8,14,23H,9-10H2,1H3,(H,20,25)/t14-,19-/m1/s1. The molecule has 0 spiro atoms. The first-order chi connectivity index (χ1) is 13.8. The highest BCUT2D eigenvalue weighted by atomic mass is 16.7. The summed E-state index contributed by atoms with van der Waals surface area (Å²) in [5, 5.41) is 24.2. The van der Waals surface area contributed by atoms with Crippen LogP contribution in [0.1, 0.15) is 24.2 Å². The molecule has 0 radical (unpaired) electrons. The molecular weight excluding hydrogens is 382 g/mol. The number of imide groups is 1. The van der Waals surface area contributed by atoms with E-state index in [0.717, 1.165) is 4.90 Å². The molecule has 2 aliphatic heterocycles. The molecule has 2 heterocycles. The molecular formula is C19H17N3O7. The number of fused-ring (bicyclic) bond motifs is 1. The van der Waals surface area contributed by atoms with Gasteiger partial charge in [-0.05, 0) is 30.2 Å². The Morgan fingerprint density at radius 1 is 1.24 bits per heavy atom. The largest absolute Gasteiger partial charge is 0.454 e. The molecule has 0 aromatic heterocycles. The zero-order chi connectivity index (χ0) is 20.8. The second-order valence-electron chi connectivity index (χ2n) is 6.91. The lowest BCUT2D eigenvalue weighted by Crippen LogP contribution is -2.41. The van der Waals surface area contributed by atoms with Gasteiger partial charge in [-0.2, -0.15) is 0 Å².